The maximum absolute atomic E-state index is 12.5. The first-order chi connectivity index (χ1) is 9.59. The highest BCUT2D eigenvalue weighted by atomic mass is 32.2. The molecule has 6 nitrogen and oxygen atoms in total. The van der Waals surface area contributed by atoms with Crippen molar-refractivity contribution in [3.8, 4) is 0 Å². The Hall–Kier alpha value is -0.510. The fourth-order valence-corrected chi connectivity index (χ4v) is 5.60. The van der Waals surface area contributed by atoms with Crippen LogP contribution in [-0.4, -0.2) is 68.7 Å². The van der Waals surface area contributed by atoms with Crippen molar-refractivity contribution in [3.05, 3.63) is 17.0 Å². The number of ether oxygens (including phenoxy) is 1. The van der Waals surface area contributed by atoms with E-state index in [4.69, 9.17) is 4.74 Å². The van der Waals surface area contributed by atoms with Crippen molar-refractivity contribution in [2.75, 3.05) is 45.9 Å². The number of nitrogens with zero attached hydrogens (tertiary/aromatic N) is 2. The third kappa shape index (κ3) is 2.63. The molecule has 0 saturated carbocycles. The van der Waals surface area contributed by atoms with E-state index in [-0.39, 0.29) is 6.54 Å². The lowest BCUT2D eigenvalue weighted by atomic mass is 10.2. The van der Waals surface area contributed by atoms with Crippen LogP contribution in [0.4, 0.5) is 0 Å². The van der Waals surface area contributed by atoms with Gasteiger partial charge in [-0.1, -0.05) is 0 Å². The van der Waals surface area contributed by atoms with Crippen molar-refractivity contribution in [2.24, 2.45) is 0 Å². The molecule has 112 valence electrons. The summed E-state index contributed by atoms with van der Waals surface area (Å²) in [7, 11) is -3.44. The van der Waals surface area contributed by atoms with Gasteiger partial charge in [-0.05, 0) is 11.4 Å². The van der Waals surface area contributed by atoms with Crippen LogP contribution < -0.4 is 0 Å². The minimum Gasteiger partial charge on any atom is -0.387 e. The minimum atomic E-state index is -3.44. The van der Waals surface area contributed by atoms with E-state index < -0.39 is 16.1 Å². The third-order valence-electron chi connectivity index (χ3n) is 3.74. The van der Waals surface area contributed by atoms with Crippen LogP contribution in [0.2, 0.25) is 0 Å². The molecule has 1 N–H and O–H groups in total. The van der Waals surface area contributed by atoms with Crippen LogP contribution in [-0.2, 0) is 14.8 Å². The molecule has 8 heteroatoms. The second-order valence-corrected chi connectivity index (χ2v) is 8.05. The van der Waals surface area contributed by atoms with E-state index in [1.165, 1.54) is 15.6 Å². The fourth-order valence-electron chi connectivity index (χ4n) is 2.56. The van der Waals surface area contributed by atoms with Gasteiger partial charge in [0, 0.05) is 38.3 Å². The quantitative estimate of drug-likeness (QED) is 0.857. The first-order valence-corrected chi connectivity index (χ1v) is 8.97. The smallest absolute Gasteiger partial charge is 0.253 e. The molecular formula is C12H18N2O4S2. The summed E-state index contributed by atoms with van der Waals surface area (Å²) < 4.78 is 31.9. The number of hydrogen-bond donors (Lipinski definition) is 1. The van der Waals surface area contributed by atoms with Crippen LogP contribution in [0.5, 0.6) is 0 Å². The van der Waals surface area contributed by atoms with E-state index in [1.54, 1.807) is 11.4 Å². The Balaban J connectivity index is 1.71. The van der Waals surface area contributed by atoms with Gasteiger partial charge in [-0.2, -0.15) is 4.31 Å². The lowest BCUT2D eigenvalue weighted by molar-refractivity contribution is 0.0346. The number of hydrogen-bond acceptors (Lipinski definition) is 6. The normalized spacial score (nSPS) is 27.4. The van der Waals surface area contributed by atoms with Gasteiger partial charge >= 0.3 is 0 Å². The molecule has 1 unspecified atom stereocenters. The number of sulfonamides is 1. The number of morpholine rings is 1. The van der Waals surface area contributed by atoms with Gasteiger partial charge in [0.25, 0.3) is 10.0 Å². The summed E-state index contributed by atoms with van der Waals surface area (Å²) >= 11 is 1.18. The standard InChI is InChI=1S/C12H18N2O4S2/c15-11-9-14(3-2-13-4-6-18-7-5-13)20(16,17)12-10(11)1-8-19-12/h1,8,11,15H,2-7,9H2. The Morgan fingerprint density at radius 3 is 2.85 bits per heavy atom. The van der Waals surface area contributed by atoms with Crippen molar-refractivity contribution in [1.29, 1.82) is 0 Å². The number of thiophene rings is 1. The van der Waals surface area contributed by atoms with Crippen molar-refractivity contribution in [3.63, 3.8) is 0 Å². The highest BCUT2D eigenvalue weighted by molar-refractivity contribution is 7.91. The van der Waals surface area contributed by atoms with E-state index in [9.17, 15) is 13.5 Å². The molecule has 0 aliphatic carbocycles. The van der Waals surface area contributed by atoms with E-state index >= 15 is 0 Å². The Bertz CT molecular complexity index is 566. The summed E-state index contributed by atoms with van der Waals surface area (Å²) in [5.41, 5.74) is 0.539. The van der Waals surface area contributed by atoms with E-state index in [1.807, 2.05) is 0 Å². The summed E-state index contributed by atoms with van der Waals surface area (Å²) in [4.78, 5) is 2.19. The number of aliphatic hydroxyl groups is 1. The summed E-state index contributed by atoms with van der Waals surface area (Å²) in [6.07, 6.45) is -0.718. The first kappa shape index (κ1) is 14.4. The van der Waals surface area contributed by atoms with Crippen LogP contribution in [0.3, 0.4) is 0 Å². The van der Waals surface area contributed by atoms with Gasteiger partial charge in [-0.15, -0.1) is 11.3 Å². The van der Waals surface area contributed by atoms with Crippen LogP contribution in [0, 0.1) is 0 Å². The lowest BCUT2D eigenvalue weighted by Crippen LogP contribution is -2.45. The molecule has 0 spiro atoms. The molecule has 0 amide bonds. The minimum absolute atomic E-state index is 0.149. The Kier molecular flexibility index (Phi) is 4.11. The van der Waals surface area contributed by atoms with E-state index in [0.717, 1.165) is 13.1 Å². The average molecular weight is 318 g/mol. The van der Waals surface area contributed by atoms with Gasteiger partial charge in [-0.3, -0.25) is 4.90 Å². The summed E-state index contributed by atoms with van der Waals surface area (Å²) in [6.45, 7) is 4.31. The highest BCUT2D eigenvalue weighted by Gasteiger charge is 2.37. The van der Waals surface area contributed by atoms with Crippen molar-refractivity contribution in [2.45, 2.75) is 10.3 Å². The van der Waals surface area contributed by atoms with Crippen LogP contribution in [0.1, 0.15) is 11.7 Å². The molecule has 0 radical (unpaired) electrons. The number of fused-ring (bicyclic) bond motifs is 1. The lowest BCUT2D eigenvalue weighted by Gasteiger charge is -2.32. The second-order valence-electron chi connectivity index (χ2n) is 5.00. The summed E-state index contributed by atoms with van der Waals surface area (Å²) in [5.74, 6) is 0. The first-order valence-electron chi connectivity index (χ1n) is 6.65. The van der Waals surface area contributed by atoms with Crippen molar-refractivity contribution >= 4 is 21.4 Å². The molecular weight excluding hydrogens is 300 g/mol. The highest BCUT2D eigenvalue weighted by Crippen LogP contribution is 2.35. The van der Waals surface area contributed by atoms with Gasteiger partial charge < -0.3 is 9.84 Å². The molecule has 1 atom stereocenters. The molecule has 1 saturated heterocycles. The predicted molar refractivity (Wildman–Crippen MR) is 75.3 cm³/mol. The molecule has 3 rings (SSSR count). The zero-order valence-electron chi connectivity index (χ0n) is 11.1. The molecule has 3 heterocycles. The van der Waals surface area contributed by atoms with Crippen LogP contribution >= 0.6 is 11.3 Å². The molecule has 1 aromatic heterocycles. The van der Waals surface area contributed by atoms with E-state index in [0.29, 0.717) is 36.1 Å². The van der Waals surface area contributed by atoms with Crippen LogP contribution in [0.15, 0.2) is 15.7 Å². The average Bonchev–Trinajstić information content (AvgIpc) is 2.94. The Morgan fingerprint density at radius 1 is 1.35 bits per heavy atom. The van der Waals surface area contributed by atoms with Crippen molar-refractivity contribution in [1.82, 2.24) is 9.21 Å². The Morgan fingerprint density at radius 2 is 2.10 bits per heavy atom. The SMILES string of the molecule is O=S1(=O)c2sccc2C(O)CN1CCN1CCOCC1. The van der Waals surface area contributed by atoms with E-state index in [2.05, 4.69) is 4.90 Å². The molecule has 2 aliphatic rings. The van der Waals surface area contributed by atoms with Crippen molar-refractivity contribution < 1.29 is 18.3 Å². The maximum Gasteiger partial charge on any atom is 0.253 e. The summed E-state index contributed by atoms with van der Waals surface area (Å²) in [6, 6.07) is 1.70. The predicted octanol–water partition coefficient (Wildman–Crippen LogP) is 0.118. The van der Waals surface area contributed by atoms with Gasteiger partial charge in [0.05, 0.1) is 19.3 Å². The van der Waals surface area contributed by atoms with Crippen LogP contribution in [0.25, 0.3) is 0 Å². The molecule has 0 aromatic carbocycles. The Labute approximate surface area is 122 Å². The number of aliphatic hydroxyl groups excluding tert-OH is 1. The largest absolute Gasteiger partial charge is 0.387 e. The van der Waals surface area contributed by atoms with Gasteiger partial charge in [0.2, 0.25) is 0 Å². The third-order valence-corrected chi connectivity index (χ3v) is 7.10. The molecule has 1 aromatic rings. The number of rotatable bonds is 3. The van der Waals surface area contributed by atoms with Gasteiger partial charge in [0.1, 0.15) is 4.21 Å². The molecule has 1 fully saturated rings. The van der Waals surface area contributed by atoms with Gasteiger partial charge in [0.15, 0.2) is 0 Å². The maximum atomic E-state index is 12.5. The molecule has 2 aliphatic heterocycles. The second kappa shape index (κ2) is 5.70. The molecule has 0 bridgehead atoms. The summed E-state index contributed by atoms with van der Waals surface area (Å²) in [5, 5.41) is 11.8. The topological polar surface area (TPSA) is 70.1 Å². The zero-order valence-corrected chi connectivity index (χ0v) is 12.7. The molecule has 20 heavy (non-hydrogen) atoms. The monoisotopic (exact) mass is 318 g/mol. The van der Waals surface area contributed by atoms with Gasteiger partial charge in [-0.25, -0.2) is 8.42 Å². The zero-order chi connectivity index (χ0) is 14.2. The fraction of sp³-hybridized carbons (Fsp3) is 0.667. The number of β-amino-alcohol motifs (C(OH)–C–C–N with tert-alkyl or cyclic N) is 1.